The molecular weight excluding hydrogens is 364 g/mol. The third-order valence-corrected chi connectivity index (χ3v) is 4.36. The highest BCUT2D eigenvalue weighted by atomic mass is 79.9. The molecule has 0 aliphatic rings. The molecule has 4 heteroatoms. The van der Waals surface area contributed by atoms with Crippen LogP contribution in [0.4, 0.5) is 0 Å². The zero-order valence-electron chi connectivity index (χ0n) is 12.9. The second kappa shape index (κ2) is 6.49. The van der Waals surface area contributed by atoms with E-state index in [2.05, 4.69) is 25.9 Å². The van der Waals surface area contributed by atoms with Crippen molar-refractivity contribution in [3.05, 3.63) is 82.8 Å². The molecule has 3 aromatic carbocycles. The molecule has 3 nitrogen and oxygen atoms in total. The average Bonchev–Trinajstić information content (AvgIpc) is 3.06. The number of aromatic amines is 1. The molecule has 24 heavy (non-hydrogen) atoms. The van der Waals surface area contributed by atoms with Gasteiger partial charge in [-0.3, -0.25) is 0 Å². The Morgan fingerprint density at radius 2 is 1.62 bits per heavy atom. The van der Waals surface area contributed by atoms with Crippen molar-refractivity contribution in [1.29, 1.82) is 0 Å². The van der Waals surface area contributed by atoms with E-state index in [-0.39, 0.29) is 0 Å². The highest BCUT2D eigenvalue weighted by molar-refractivity contribution is 9.10. The fraction of sp³-hybridized carbons (Fsp3) is 0.0500. The van der Waals surface area contributed by atoms with Crippen LogP contribution >= 0.6 is 15.9 Å². The van der Waals surface area contributed by atoms with Gasteiger partial charge in [-0.05, 0) is 54.1 Å². The number of ether oxygens (including phenoxy) is 1. The lowest BCUT2D eigenvalue weighted by Gasteiger charge is -2.07. The monoisotopic (exact) mass is 378 g/mol. The lowest BCUT2D eigenvalue weighted by atomic mass is 10.2. The minimum Gasteiger partial charge on any atom is -0.489 e. The number of imidazole rings is 1. The standard InChI is InChI=1S/C20H15BrN2O/c21-16-9-5-14(6-10-16)13-24-17-11-7-15(8-12-17)20-22-18-3-1-2-4-19(18)23-20/h1-12H,13H2,(H,22,23). The molecule has 0 radical (unpaired) electrons. The molecule has 0 atom stereocenters. The highest BCUT2D eigenvalue weighted by Gasteiger charge is 2.05. The summed E-state index contributed by atoms with van der Waals surface area (Å²) in [7, 11) is 0. The minimum absolute atomic E-state index is 0.553. The van der Waals surface area contributed by atoms with Gasteiger partial charge in [0.1, 0.15) is 18.2 Å². The van der Waals surface area contributed by atoms with Gasteiger partial charge in [0.05, 0.1) is 11.0 Å². The molecule has 1 heterocycles. The van der Waals surface area contributed by atoms with Crippen molar-refractivity contribution in [3.63, 3.8) is 0 Å². The Balaban J connectivity index is 1.48. The van der Waals surface area contributed by atoms with Crippen molar-refractivity contribution in [2.45, 2.75) is 6.61 Å². The Morgan fingerprint density at radius 3 is 2.38 bits per heavy atom. The van der Waals surface area contributed by atoms with E-state index >= 15 is 0 Å². The first kappa shape index (κ1) is 15.0. The molecule has 118 valence electrons. The van der Waals surface area contributed by atoms with Crippen molar-refractivity contribution in [2.24, 2.45) is 0 Å². The van der Waals surface area contributed by atoms with Gasteiger partial charge in [-0.1, -0.05) is 40.2 Å². The lowest BCUT2D eigenvalue weighted by Crippen LogP contribution is -1.95. The molecule has 0 bridgehead atoms. The van der Waals surface area contributed by atoms with Crippen LogP contribution in [-0.4, -0.2) is 9.97 Å². The first-order valence-corrected chi connectivity index (χ1v) is 8.50. The van der Waals surface area contributed by atoms with Crippen LogP contribution in [0.15, 0.2) is 77.3 Å². The first-order chi connectivity index (χ1) is 11.8. The van der Waals surface area contributed by atoms with Gasteiger partial charge in [-0.2, -0.15) is 0 Å². The summed E-state index contributed by atoms with van der Waals surface area (Å²) in [5, 5.41) is 0. The van der Waals surface area contributed by atoms with Crippen LogP contribution in [0.5, 0.6) is 5.75 Å². The molecule has 4 rings (SSSR count). The molecule has 0 spiro atoms. The number of aromatic nitrogens is 2. The van der Waals surface area contributed by atoms with E-state index in [1.54, 1.807) is 0 Å². The molecule has 0 aliphatic heterocycles. The van der Waals surface area contributed by atoms with Gasteiger partial charge in [0.15, 0.2) is 0 Å². The van der Waals surface area contributed by atoms with Gasteiger partial charge in [-0.25, -0.2) is 4.98 Å². The predicted octanol–water partition coefficient (Wildman–Crippen LogP) is 5.57. The third-order valence-electron chi connectivity index (χ3n) is 3.84. The molecule has 1 aromatic heterocycles. The summed E-state index contributed by atoms with van der Waals surface area (Å²) in [6, 6.07) is 24.2. The van der Waals surface area contributed by atoms with Crippen molar-refractivity contribution >= 4 is 27.0 Å². The largest absolute Gasteiger partial charge is 0.489 e. The number of H-pyrrole nitrogens is 1. The fourth-order valence-corrected chi connectivity index (χ4v) is 2.81. The quantitative estimate of drug-likeness (QED) is 0.503. The predicted molar refractivity (Wildman–Crippen MR) is 100 cm³/mol. The Bertz CT molecular complexity index is 926. The number of nitrogens with zero attached hydrogens (tertiary/aromatic N) is 1. The smallest absolute Gasteiger partial charge is 0.138 e. The molecular formula is C20H15BrN2O. The Labute approximate surface area is 148 Å². The topological polar surface area (TPSA) is 37.9 Å². The van der Waals surface area contributed by atoms with Gasteiger partial charge < -0.3 is 9.72 Å². The van der Waals surface area contributed by atoms with E-state index in [9.17, 15) is 0 Å². The molecule has 0 fully saturated rings. The summed E-state index contributed by atoms with van der Waals surface area (Å²) >= 11 is 3.43. The number of nitrogens with one attached hydrogen (secondary N) is 1. The molecule has 0 saturated carbocycles. The highest BCUT2D eigenvalue weighted by Crippen LogP contribution is 2.23. The SMILES string of the molecule is Brc1ccc(COc2ccc(-c3nc4ccccc4[nH]3)cc2)cc1. The Morgan fingerprint density at radius 1 is 0.875 bits per heavy atom. The van der Waals surface area contributed by atoms with E-state index in [1.165, 1.54) is 0 Å². The summed E-state index contributed by atoms with van der Waals surface area (Å²) in [6.45, 7) is 0.553. The maximum absolute atomic E-state index is 5.84. The second-order valence-corrected chi connectivity index (χ2v) is 6.46. The number of halogens is 1. The van der Waals surface area contributed by atoms with Crippen LogP contribution in [0, 0.1) is 0 Å². The lowest BCUT2D eigenvalue weighted by molar-refractivity contribution is 0.306. The third kappa shape index (κ3) is 3.19. The van der Waals surface area contributed by atoms with Gasteiger partial charge in [0.25, 0.3) is 0 Å². The van der Waals surface area contributed by atoms with Crippen molar-refractivity contribution in [3.8, 4) is 17.1 Å². The minimum atomic E-state index is 0.553. The van der Waals surface area contributed by atoms with Gasteiger partial charge in [-0.15, -0.1) is 0 Å². The summed E-state index contributed by atoms with van der Waals surface area (Å²) in [5.74, 6) is 1.72. The number of fused-ring (bicyclic) bond motifs is 1. The zero-order chi connectivity index (χ0) is 16.4. The maximum Gasteiger partial charge on any atom is 0.138 e. The molecule has 0 saturated heterocycles. The van der Waals surface area contributed by atoms with Crippen LogP contribution in [0.1, 0.15) is 5.56 Å². The first-order valence-electron chi connectivity index (χ1n) is 7.70. The average molecular weight is 379 g/mol. The normalized spacial score (nSPS) is 10.9. The number of para-hydroxylation sites is 2. The zero-order valence-corrected chi connectivity index (χ0v) is 14.5. The van der Waals surface area contributed by atoms with E-state index < -0.39 is 0 Å². The number of hydrogen-bond acceptors (Lipinski definition) is 2. The van der Waals surface area contributed by atoms with Crippen LogP contribution in [0.3, 0.4) is 0 Å². The van der Waals surface area contributed by atoms with Crippen molar-refractivity contribution < 1.29 is 4.74 Å². The van der Waals surface area contributed by atoms with Crippen molar-refractivity contribution in [1.82, 2.24) is 9.97 Å². The van der Waals surface area contributed by atoms with Crippen LogP contribution < -0.4 is 4.74 Å². The van der Waals surface area contributed by atoms with Gasteiger partial charge in [0.2, 0.25) is 0 Å². The maximum atomic E-state index is 5.84. The van der Waals surface area contributed by atoms with Crippen LogP contribution in [0.25, 0.3) is 22.4 Å². The summed E-state index contributed by atoms with van der Waals surface area (Å²) in [5.41, 5.74) is 4.20. The summed E-state index contributed by atoms with van der Waals surface area (Å²) in [4.78, 5) is 7.95. The van der Waals surface area contributed by atoms with E-state index in [1.807, 2.05) is 72.8 Å². The molecule has 4 aromatic rings. The molecule has 0 unspecified atom stereocenters. The Hall–Kier alpha value is -2.59. The van der Waals surface area contributed by atoms with Crippen LogP contribution in [0.2, 0.25) is 0 Å². The summed E-state index contributed by atoms with van der Waals surface area (Å²) < 4.78 is 6.91. The van der Waals surface area contributed by atoms with E-state index in [0.717, 1.165) is 38.2 Å². The van der Waals surface area contributed by atoms with Gasteiger partial charge in [0, 0.05) is 10.0 Å². The van der Waals surface area contributed by atoms with Crippen LogP contribution in [-0.2, 0) is 6.61 Å². The molecule has 0 amide bonds. The molecule has 0 aliphatic carbocycles. The number of rotatable bonds is 4. The fourth-order valence-electron chi connectivity index (χ4n) is 2.55. The number of hydrogen-bond donors (Lipinski definition) is 1. The Kier molecular flexibility index (Phi) is 4.05. The van der Waals surface area contributed by atoms with E-state index in [4.69, 9.17) is 4.74 Å². The van der Waals surface area contributed by atoms with Crippen molar-refractivity contribution in [2.75, 3.05) is 0 Å². The van der Waals surface area contributed by atoms with Gasteiger partial charge >= 0.3 is 0 Å². The second-order valence-electron chi connectivity index (χ2n) is 5.54. The number of benzene rings is 3. The van der Waals surface area contributed by atoms with E-state index in [0.29, 0.717) is 6.61 Å². The summed E-state index contributed by atoms with van der Waals surface area (Å²) in [6.07, 6.45) is 0. The molecule has 1 N–H and O–H groups in total.